The van der Waals surface area contributed by atoms with Crippen LogP contribution in [0.15, 0.2) is 36.8 Å². The monoisotopic (exact) mass is 352 g/mol. The van der Waals surface area contributed by atoms with Gasteiger partial charge in [-0.3, -0.25) is 4.79 Å². The number of nitrogens with one attached hydrogen (secondary N) is 1. The van der Waals surface area contributed by atoms with Crippen molar-refractivity contribution in [3.63, 3.8) is 0 Å². The molecule has 0 saturated carbocycles. The molecule has 1 amide bonds. The van der Waals surface area contributed by atoms with Crippen LogP contribution in [0.1, 0.15) is 34.5 Å². The quantitative estimate of drug-likeness (QED) is 0.889. The molecule has 0 spiro atoms. The Hall–Kier alpha value is -2.47. The van der Waals surface area contributed by atoms with E-state index in [0.717, 1.165) is 57.7 Å². The number of nitrogens with zero attached hydrogens (tertiary/aromatic N) is 3. The van der Waals surface area contributed by atoms with E-state index in [1.165, 1.54) is 17.5 Å². The van der Waals surface area contributed by atoms with Crippen LogP contribution >= 0.6 is 0 Å². The van der Waals surface area contributed by atoms with Gasteiger partial charge in [0.1, 0.15) is 17.8 Å². The third-order valence-electron chi connectivity index (χ3n) is 5.21. The zero-order valence-corrected chi connectivity index (χ0v) is 14.9. The minimum atomic E-state index is -0.105. The highest BCUT2D eigenvalue weighted by Crippen LogP contribution is 2.26. The van der Waals surface area contributed by atoms with Gasteiger partial charge < -0.3 is 15.0 Å². The van der Waals surface area contributed by atoms with Crippen LogP contribution in [0, 0.1) is 0 Å². The average Bonchev–Trinajstić information content (AvgIpc) is 3.16. The minimum Gasteiger partial charge on any atom is -0.493 e. The fourth-order valence-corrected chi connectivity index (χ4v) is 3.67. The predicted molar refractivity (Wildman–Crippen MR) is 98.3 cm³/mol. The maximum Gasteiger partial charge on any atom is 0.270 e. The number of hydrogen-bond donors (Lipinski definition) is 1. The fraction of sp³-hybridized carbons (Fsp3) is 0.450. The molecule has 0 unspecified atom stereocenters. The highest BCUT2D eigenvalue weighted by molar-refractivity contribution is 5.92. The topological polar surface area (TPSA) is 67.4 Å². The van der Waals surface area contributed by atoms with Crippen molar-refractivity contribution in [2.24, 2.45) is 0 Å². The molecule has 26 heavy (non-hydrogen) atoms. The van der Waals surface area contributed by atoms with Crippen molar-refractivity contribution in [1.82, 2.24) is 20.2 Å². The van der Waals surface area contributed by atoms with Gasteiger partial charge in [-0.05, 0) is 42.5 Å². The zero-order valence-electron chi connectivity index (χ0n) is 14.9. The molecule has 136 valence electrons. The highest BCUT2D eigenvalue weighted by Gasteiger charge is 2.21. The molecule has 4 rings (SSSR count). The Bertz CT molecular complexity index is 758. The molecule has 1 fully saturated rings. The summed E-state index contributed by atoms with van der Waals surface area (Å²) in [6.07, 6.45) is 7.05. The lowest BCUT2D eigenvalue weighted by Gasteiger charge is -2.32. The zero-order chi connectivity index (χ0) is 17.8. The summed E-state index contributed by atoms with van der Waals surface area (Å²) in [6.45, 7) is 3.91. The molecule has 1 N–H and O–H groups in total. The number of likely N-dealkylation sites (tertiary alicyclic amines) is 1. The summed E-state index contributed by atoms with van der Waals surface area (Å²) in [6, 6.07) is 8.44. The van der Waals surface area contributed by atoms with Crippen molar-refractivity contribution in [3.8, 4) is 5.75 Å². The van der Waals surface area contributed by atoms with Crippen LogP contribution < -0.4 is 10.1 Å². The van der Waals surface area contributed by atoms with Crippen LogP contribution in [-0.2, 0) is 12.8 Å². The molecule has 0 atom stereocenters. The molecule has 2 aliphatic heterocycles. The van der Waals surface area contributed by atoms with Crippen LogP contribution in [0.3, 0.4) is 0 Å². The Morgan fingerprint density at radius 1 is 1.27 bits per heavy atom. The SMILES string of the molecule is O=C(NC1CCN(CCc2ccc3c(c2)CCO3)CC1)c1ccncn1. The van der Waals surface area contributed by atoms with Crippen molar-refractivity contribution in [1.29, 1.82) is 0 Å². The number of amides is 1. The Morgan fingerprint density at radius 2 is 2.15 bits per heavy atom. The molecular formula is C20H24N4O2. The van der Waals surface area contributed by atoms with Crippen molar-refractivity contribution in [2.45, 2.75) is 31.7 Å². The summed E-state index contributed by atoms with van der Waals surface area (Å²) in [5, 5.41) is 3.09. The second-order valence-corrected chi connectivity index (χ2v) is 6.97. The lowest BCUT2D eigenvalue weighted by atomic mass is 10.0. The molecular weight excluding hydrogens is 328 g/mol. The van der Waals surface area contributed by atoms with Crippen molar-refractivity contribution in [3.05, 3.63) is 53.6 Å². The first-order chi connectivity index (χ1) is 12.8. The maximum absolute atomic E-state index is 12.2. The first-order valence-corrected chi connectivity index (χ1v) is 9.32. The standard InChI is InChI=1S/C20H24N4O2/c25-20(18-3-8-21-14-22-18)23-17-5-10-24(11-6-17)9-4-15-1-2-19-16(13-15)7-12-26-19/h1-3,8,13-14,17H,4-7,9-12H2,(H,23,25). The molecule has 0 radical (unpaired) electrons. The smallest absolute Gasteiger partial charge is 0.270 e. The Kier molecular flexibility index (Phi) is 5.11. The summed E-state index contributed by atoms with van der Waals surface area (Å²) in [7, 11) is 0. The van der Waals surface area contributed by atoms with E-state index in [1.54, 1.807) is 12.3 Å². The van der Waals surface area contributed by atoms with E-state index < -0.39 is 0 Å². The van der Waals surface area contributed by atoms with Crippen LogP contribution in [0.4, 0.5) is 0 Å². The van der Waals surface area contributed by atoms with Crippen LogP contribution in [-0.4, -0.2) is 53.1 Å². The molecule has 1 saturated heterocycles. The Labute approximate surface area is 153 Å². The molecule has 0 bridgehead atoms. The summed E-state index contributed by atoms with van der Waals surface area (Å²) in [4.78, 5) is 22.5. The lowest BCUT2D eigenvalue weighted by Crippen LogP contribution is -2.45. The van der Waals surface area contributed by atoms with Gasteiger partial charge >= 0.3 is 0 Å². The van der Waals surface area contributed by atoms with Crippen LogP contribution in [0.25, 0.3) is 0 Å². The molecule has 3 heterocycles. The number of rotatable bonds is 5. The van der Waals surface area contributed by atoms with Crippen LogP contribution in [0.5, 0.6) is 5.75 Å². The van der Waals surface area contributed by atoms with E-state index in [2.05, 4.69) is 38.4 Å². The van der Waals surface area contributed by atoms with Gasteiger partial charge in [0, 0.05) is 38.3 Å². The van der Waals surface area contributed by atoms with Gasteiger partial charge in [0.2, 0.25) is 0 Å². The first kappa shape index (κ1) is 17.0. The minimum absolute atomic E-state index is 0.105. The molecule has 2 aliphatic rings. The summed E-state index contributed by atoms with van der Waals surface area (Å²) in [5.41, 5.74) is 3.16. The molecule has 1 aromatic carbocycles. The van der Waals surface area contributed by atoms with E-state index in [0.29, 0.717) is 5.69 Å². The number of hydrogen-bond acceptors (Lipinski definition) is 5. The maximum atomic E-state index is 12.2. The number of ether oxygens (including phenoxy) is 1. The van der Waals surface area contributed by atoms with Crippen LogP contribution in [0.2, 0.25) is 0 Å². The number of carbonyl (C=O) groups is 1. The van der Waals surface area contributed by atoms with Gasteiger partial charge in [-0.2, -0.15) is 0 Å². The lowest BCUT2D eigenvalue weighted by molar-refractivity contribution is 0.0906. The van der Waals surface area contributed by atoms with E-state index >= 15 is 0 Å². The molecule has 1 aromatic heterocycles. The highest BCUT2D eigenvalue weighted by atomic mass is 16.5. The van der Waals surface area contributed by atoms with Gasteiger partial charge in [-0.25, -0.2) is 9.97 Å². The number of fused-ring (bicyclic) bond motifs is 1. The van der Waals surface area contributed by atoms with Gasteiger partial charge in [0.25, 0.3) is 5.91 Å². The number of aromatic nitrogens is 2. The van der Waals surface area contributed by atoms with Crippen molar-refractivity contribution in [2.75, 3.05) is 26.2 Å². The van der Waals surface area contributed by atoms with Gasteiger partial charge in [-0.15, -0.1) is 0 Å². The van der Waals surface area contributed by atoms with Gasteiger partial charge in [-0.1, -0.05) is 12.1 Å². The average molecular weight is 352 g/mol. The van der Waals surface area contributed by atoms with Gasteiger partial charge in [0.15, 0.2) is 0 Å². The Morgan fingerprint density at radius 3 is 2.96 bits per heavy atom. The molecule has 0 aliphatic carbocycles. The summed E-state index contributed by atoms with van der Waals surface area (Å²) >= 11 is 0. The second-order valence-electron chi connectivity index (χ2n) is 6.97. The number of piperidine rings is 1. The molecule has 6 heteroatoms. The van der Waals surface area contributed by atoms with E-state index in [-0.39, 0.29) is 11.9 Å². The number of carbonyl (C=O) groups excluding carboxylic acids is 1. The summed E-state index contributed by atoms with van der Waals surface area (Å²) < 4.78 is 5.57. The normalized spacial score (nSPS) is 17.5. The van der Waals surface area contributed by atoms with Gasteiger partial charge in [0.05, 0.1) is 6.61 Å². The first-order valence-electron chi connectivity index (χ1n) is 9.32. The van der Waals surface area contributed by atoms with E-state index in [9.17, 15) is 4.79 Å². The fourth-order valence-electron chi connectivity index (χ4n) is 3.67. The Balaban J connectivity index is 1.22. The molecule has 2 aromatic rings. The molecule has 6 nitrogen and oxygen atoms in total. The largest absolute Gasteiger partial charge is 0.493 e. The van der Waals surface area contributed by atoms with E-state index in [4.69, 9.17) is 4.74 Å². The number of benzene rings is 1. The third kappa shape index (κ3) is 4.02. The van der Waals surface area contributed by atoms with Crippen molar-refractivity contribution < 1.29 is 9.53 Å². The predicted octanol–water partition coefficient (Wildman–Crippen LogP) is 1.85. The van der Waals surface area contributed by atoms with Crippen molar-refractivity contribution >= 4 is 5.91 Å². The van der Waals surface area contributed by atoms with E-state index in [1.807, 2.05) is 0 Å². The third-order valence-corrected chi connectivity index (χ3v) is 5.21. The summed E-state index contributed by atoms with van der Waals surface area (Å²) in [5.74, 6) is 0.945. The second kappa shape index (κ2) is 7.83.